The largest absolute Gasteiger partial charge is 0.342 e. The average Bonchev–Trinajstić information content (AvgIpc) is 3.21. The molecule has 1 aliphatic carbocycles. The molecule has 1 aliphatic heterocycles. The van der Waals surface area contributed by atoms with E-state index < -0.39 is 0 Å². The van der Waals surface area contributed by atoms with E-state index in [0.717, 1.165) is 25.6 Å². The number of hydrogen-bond acceptors (Lipinski definition) is 3. The predicted molar refractivity (Wildman–Crippen MR) is 80.7 cm³/mol. The van der Waals surface area contributed by atoms with E-state index >= 15 is 0 Å². The van der Waals surface area contributed by atoms with E-state index in [2.05, 4.69) is 10.2 Å². The Labute approximate surface area is 123 Å². The molecule has 1 amide bonds. The first-order chi connectivity index (χ1) is 8.70. The molecule has 0 unspecified atom stereocenters. The van der Waals surface area contributed by atoms with E-state index in [0.29, 0.717) is 18.5 Å². The van der Waals surface area contributed by atoms with E-state index in [-0.39, 0.29) is 12.4 Å². The molecule has 0 bridgehead atoms. The van der Waals surface area contributed by atoms with Crippen molar-refractivity contribution in [3.05, 3.63) is 0 Å². The van der Waals surface area contributed by atoms with Crippen LogP contribution in [-0.4, -0.2) is 62.0 Å². The molecule has 19 heavy (non-hydrogen) atoms. The molecule has 112 valence electrons. The molecule has 0 aromatic carbocycles. The quantitative estimate of drug-likeness (QED) is 0.802. The second-order valence-corrected chi connectivity index (χ2v) is 5.85. The van der Waals surface area contributed by atoms with Crippen LogP contribution in [0.1, 0.15) is 32.1 Å². The predicted octanol–water partition coefficient (Wildman–Crippen LogP) is 1.35. The fourth-order valence-corrected chi connectivity index (χ4v) is 2.75. The average molecular weight is 290 g/mol. The Balaban J connectivity index is 0.00000180. The topological polar surface area (TPSA) is 35.6 Å². The molecule has 1 saturated heterocycles. The van der Waals surface area contributed by atoms with Crippen LogP contribution >= 0.6 is 12.4 Å². The molecule has 2 fully saturated rings. The maximum Gasteiger partial charge on any atom is 0.236 e. The summed E-state index contributed by atoms with van der Waals surface area (Å²) in [6, 6.07) is 0.547. The molecule has 0 spiro atoms. The number of likely N-dealkylation sites (N-methyl/N-ethyl adjacent to an activating group) is 1. The van der Waals surface area contributed by atoms with Crippen molar-refractivity contribution in [3.63, 3.8) is 0 Å². The van der Waals surface area contributed by atoms with Gasteiger partial charge in [-0.05, 0) is 64.7 Å². The van der Waals surface area contributed by atoms with Crippen molar-refractivity contribution in [1.29, 1.82) is 0 Å². The number of piperidine rings is 1. The number of halogens is 1. The summed E-state index contributed by atoms with van der Waals surface area (Å²) >= 11 is 0. The van der Waals surface area contributed by atoms with Gasteiger partial charge >= 0.3 is 0 Å². The number of nitrogens with one attached hydrogen (secondary N) is 1. The normalized spacial score (nSPS) is 20.9. The van der Waals surface area contributed by atoms with Crippen LogP contribution in [0.5, 0.6) is 0 Å². The van der Waals surface area contributed by atoms with Gasteiger partial charge < -0.3 is 10.2 Å². The molecule has 0 aromatic heterocycles. The van der Waals surface area contributed by atoms with Crippen LogP contribution in [0.2, 0.25) is 0 Å². The third-order valence-electron chi connectivity index (χ3n) is 4.36. The lowest BCUT2D eigenvalue weighted by Gasteiger charge is -2.32. The van der Waals surface area contributed by atoms with Gasteiger partial charge in [-0.25, -0.2) is 0 Å². The van der Waals surface area contributed by atoms with Crippen molar-refractivity contribution in [2.75, 3.05) is 40.3 Å². The van der Waals surface area contributed by atoms with Gasteiger partial charge in [-0.3, -0.25) is 9.69 Å². The molecular formula is C14H28ClN3O. The van der Waals surface area contributed by atoms with Crippen LogP contribution < -0.4 is 5.32 Å². The van der Waals surface area contributed by atoms with Gasteiger partial charge in [-0.1, -0.05) is 0 Å². The Kier molecular flexibility index (Phi) is 7.11. The van der Waals surface area contributed by atoms with E-state index in [1.54, 1.807) is 0 Å². The molecule has 0 radical (unpaired) electrons. The van der Waals surface area contributed by atoms with Crippen molar-refractivity contribution in [2.24, 2.45) is 5.92 Å². The molecule has 0 aromatic rings. The van der Waals surface area contributed by atoms with E-state index in [1.807, 2.05) is 19.0 Å². The third kappa shape index (κ3) is 5.28. The summed E-state index contributed by atoms with van der Waals surface area (Å²) in [5, 5.41) is 3.22. The molecule has 1 N–H and O–H groups in total. The van der Waals surface area contributed by atoms with Crippen LogP contribution in [0.25, 0.3) is 0 Å². The van der Waals surface area contributed by atoms with Gasteiger partial charge in [0.15, 0.2) is 0 Å². The lowest BCUT2D eigenvalue weighted by Crippen LogP contribution is -2.43. The highest BCUT2D eigenvalue weighted by Gasteiger charge is 2.30. The Morgan fingerprint density at radius 1 is 1.26 bits per heavy atom. The number of nitrogens with zero attached hydrogens (tertiary/aromatic N) is 2. The SMILES string of the molecule is CNCCC1CCN(CC(=O)N(C)C2CC2)CC1.Cl. The summed E-state index contributed by atoms with van der Waals surface area (Å²) in [5.41, 5.74) is 0. The highest BCUT2D eigenvalue weighted by Crippen LogP contribution is 2.26. The number of hydrogen-bond donors (Lipinski definition) is 1. The highest BCUT2D eigenvalue weighted by molar-refractivity contribution is 5.85. The van der Waals surface area contributed by atoms with E-state index in [9.17, 15) is 4.79 Å². The molecule has 2 rings (SSSR count). The zero-order valence-corrected chi connectivity index (χ0v) is 13.0. The zero-order valence-electron chi connectivity index (χ0n) is 12.2. The van der Waals surface area contributed by atoms with Crippen LogP contribution in [0.15, 0.2) is 0 Å². The molecule has 2 aliphatic rings. The smallest absolute Gasteiger partial charge is 0.236 e. The van der Waals surface area contributed by atoms with Crippen molar-refractivity contribution in [1.82, 2.24) is 15.1 Å². The minimum atomic E-state index is 0. The number of carbonyl (C=O) groups is 1. The lowest BCUT2D eigenvalue weighted by atomic mass is 9.93. The summed E-state index contributed by atoms with van der Waals surface area (Å²) in [4.78, 5) is 16.3. The summed E-state index contributed by atoms with van der Waals surface area (Å²) in [6.07, 6.45) is 6.19. The Hall–Kier alpha value is -0.320. The van der Waals surface area contributed by atoms with Crippen LogP contribution in [0.4, 0.5) is 0 Å². The second kappa shape index (κ2) is 8.08. The number of carbonyl (C=O) groups excluding carboxylic acids is 1. The van der Waals surface area contributed by atoms with Gasteiger partial charge in [-0.2, -0.15) is 0 Å². The molecule has 1 heterocycles. The summed E-state index contributed by atoms with van der Waals surface area (Å²) in [5.74, 6) is 1.16. The first kappa shape index (κ1) is 16.7. The minimum absolute atomic E-state index is 0. The van der Waals surface area contributed by atoms with Crippen molar-refractivity contribution in [2.45, 2.75) is 38.1 Å². The number of amides is 1. The summed E-state index contributed by atoms with van der Waals surface area (Å²) in [6.45, 7) is 3.94. The van der Waals surface area contributed by atoms with Crippen molar-refractivity contribution >= 4 is 18.3 Å². The Morgan fingerprint density at radius 3 is 2.42 bits per heavy atom. The van der Waals surface area contributed by atoms with Gasteiger partial charge in [0.05, 0.1) is 6.54 Å². The second-order valence-electron chi connectivity index (χ2n) is 5.85. The lowest BCUT2D eigenvalue weighted by molar-refractivity contribution is -0.132. The molecule has 1 saturated carbocycles. The first-order valence-electron chi connectivity index (χ1n) is 7.33. The third-order valence-corrected chi connectivity index (χ3v) is 4.36. The minimum Gasteiger partial charge on any atom is -0.342 e. The molecule has 4 nitrogen and oxygen atoms in total. The van der Waals surface area contributed by atoms with Crippen molar-refractivity contribution in [3.8, 4) is 0 Å². The van der Waals surface area contributed by atoms with Gasteiger partial charge in [0.25, 0.3) is 0 Å². The summed E-state index contributed by atoms with van der Waals surface area (Å²) < 4.78 is 0. The maximum absolute atomic E-state index is 12.0. The van der Waals surface area contributed by atoms with Crippen molar-refractivity contribution < 1.29 is 4.79 Å². The van der Waals surface area contributed by atoms with Gasteiger partial charge in [0, 0.05) is 13.1 Å². The standard InChI is InChI=1S/C14H27N3O.ClH/c1-15-8-5-12-6-9-17(10-7-12)11-14(18)16(2)13-3-4-13;/h12-13,15H,3-11H2,1-2H3;1H. The fourth-order valence-electron chi connectivity index (χ4n) is 2.75. The van der Waals surface area contributed by atoms with Gasteiger partial charge in [-0.15, -0.1) is 12.4 Å². The Morgan fingerprint density at radius 2 is 1.89 bits per heavy atom. The number of likely N-dealkylation sites (tertiary alicyclic amines) is 1. The maximum atomic E-state index is 12.0. The number of rotatable bonds is 6. The zero-order chi connectivity index (χ0) is 13.0. The van der Waals surface area contributed by atoms with Crippen LogP contribution in [0, 0.1) is 5.92 Å². The highest BCUT2D eigenvalue weighted by atomic mass is 35.5. The Bertz CT molecular complexity index is 276. The monoisotopic (exact) mass is 289 g/mol. The molecule has 0 atom stereocenters. The first-order valence-corrected chi connectivity index (χ1v) is 7.33. The molecule has 5 heteroatoms. The van der Waals surface area contributed by atoms with E-state index in [1.165, 1.54) is 32.1 Å². The van der Waals surface area contributed by atoms with Gasteiger partial charge in [0.1, 0.15) is 0 Å². The van der Waals surface area contributed by atoms with E-state index in [4.69, 9.17) is 0 Å². The summed E-state index contributed by atoms with van der Waals surface area (Å²) in [7, 11) is 3.97. The van der Waals surface area contributed by atoms with Crippen LogP contribution in [0.3, 0.4) is 0 Å². The van der Waals surface area contributed by atoms with Gasteiger partial charge in [0.2, 0.25) is 5.91 Å². The van der Waals surface area contributed by atoms with Crippen LogP contribution in [-0.2, 0) is 4.79 Å². The molecular weight excluding hydrogens is 262 g/mol. The fraction of sp³-hybridized carbons (Fsp3) is 0.929.